The Balaban J connectivity index is 1.63. The van der Waals surface area contributed by atoms with Gasteiger partial charge in [0.1, 0.15) is 0 Å². The molecule has 2 amide bonds. The average molecular weight is 313 g/mol. The first-order valence-corrected chi connectivity index (χ1v) is 6.98. The number of esters is 1. The number of amides is 2. The van der Waals surface area contributed by atoms with E-state index in [1.165, 1.54) is 24.3 Å². The number of benzene rings is 2. The van der Waals surface area contributed by atoms with Crippen LogP contribution < -0.4 is 4.74 Å². The quantitative estimate of drug-likeness (QED) is 0.494. The molecule has 1 aliphatic rings. The van der Waals surface area contributed by atoms with Crippen LogP contribution in [-0.4, -0.2) is 29.2 Å². The minimum atomic E-state index is -0.716. The normalized spacial score (nSPS) is 13.2. The van der Waals surface area contributed by atoms with Gasteiger partial charge in [-0.05, 0) is 24.3 Å². The lowest BCUT2D eigenvalue weighted by atomic mass is 10.1. The van der Waals surface area contributed by atoms with E-state index in [0.717, 1.165) is 4.90 Å². The number of para-hydroxylation sites is 1. The summed E-state index contributed by atoms with van der Waals surface area (Å²) in [4.78, 5) is 37.0. The van der Waals surface area contributed by atoms with Crippen molar-refractivity contribution in [2.75, 3.05) is 6.54 Å². The van der Waals surface area contributed by atoms with Gasteiger partial charge in [0.15, 0.2) is 11.6 Å². The molecule has 1 heterocycles. The number of nitrogens with zero attached hydrogens (tertiary/aromatic N) is 1. The van der Waals surface area contributed by atoms with Gasteiger partial charge in [-0.1, -0.05) is 24.3 Å². The molecule has 0 radical (unpaired) electrons. The first-order valence-electron chi connectivity index (χ1n) is 6.98. The molecule has 0 fully saturated rings. The summed E-state index contributed by atoms with van der Waals surface area (Å²) < 4.78 is 18.3. The van der Waals surface area contributed by atoms with Gasteiger partial charge in [-0.25, -0.2) is 4.39 Å². The largest absolute Gasteiger partial charge is 0.423 e. The second-order valence-electron chi connectivity index (χ2n) is 4.96. The summed E-state index contributed by atoms with van der Waals surface area (Å²) in [5, 5.41) is 0. The van der Waals surface area contributed by atoms with Crippen molar-refractivity contribution in [3.8, 4) is 5.75 Å². The van der Waals surface area contributed by atoms with Crippen molar-refractivity contribution >= 4 is 17.8 Å². The molecule has 2 aromatic rings. The van der Waals surface area contributed by atoms with Crippen molar-refractivity contribution in [2.45, 2.75) is 6.42 Å². The van der Waals surface area contributed by atoms with Crippen molar-refractivity contribution in [3.63, 3.8) is 0 Å². The molecule has 6 heteroatoms. The molecule has 0 aromatic heterocycles. The van der Waals surface area contributed by atoms with Gasteiger partial charge in [-0.2, -0.15) is 0 Å². The highest BCUT2D eigenvalue weighted by Gasteiger charge is 2.35. The van der Waals surface area contributed by atoms with E-state index in [2.05, 4.69) is 0 Å². The Bertz CT molecular complexity index is 768. The fourth-order valence-electron chi connectivity index (χ4n) is 2.35. The molecule has 0 saturated carbocycles. The lowest BCUT2D eigenvalue weighted by Crippen LogP contribution is -2.32. The summed E-state index contributed by atoms with van der Waals surface area (Å²) >= 11 is 0. The molecule has 3 rings (SSSR count). The Morgan fingerprint density at radius 3 is 2.13 bits per heavy atom. The van der Waals surface area contributed by atoms with Crippen LogP contribution in [-0.2, 0) is 4.79 Å². The van der Waals surface area contributed by atoms with Gasteiger partial charge in [0.05, 0.1) is 17.5 Å². The van der Waals surface area contributed by atoms with Crippen LogP contribution in [0, 0.1) is 5.82 Å². The Hall–Kier alpha value is -3.02. The van der Waals surface area contributed by atoms with E-state index in [-0.39, 0.29) is 18.7 Å². The summed E-state index contributed by atoms with van der Waals surface area (Å²) in [7, 11) is 0. The monoisotopic (exact) mass is 313 g/mol. The summed E-state index contributed by atoms with van der Waals surface area (Å²) in [6.45, 7) is -0.111. The summed E-state index contributed by atoms with van der Waals surface area (Å²) in [6, 6.07) is 12.0. The van der Waals surface area contributed by atoms with E-state index >= 15 is 0 Å². The lowest BCUT2D eigenvalue weighted by molar-refractivity contribution is -0.134. The molecule has 0 unspecified atom stereocenters. The molecule has 1 aliphatic heterocycles. The minimum absolute atomic E-state index is 0.111. The molecule has 23 heavy (non-hydrogen) atoms. The SMILES string of the molecule is O=C(CCN1C(=O)c2ccccc2C1=O)Oc1ccccc1F. The van der Waals surface area contributed by atoms with Crippen LogP contribution in [0.2, 0.25) is 0 Å². The molecule has 0 bridgehead atoms. The van der Waals surface area contributed by atoms with Gasteiger partial charge in [0.2, 0.25) is 0 Å². The number of hydrogen-bond donors (Lipinski definition) is 0. The van der Waals surface area contributed by atoms with E-state index in [4.69, 9.17) is 4.74 Å². The number of carbonyl (C=O) groups is 3. The number of ether oxygens (including phenoxy) is 1. The van der Waals surface area contributed by atoms with Gasteiger partial charge in [0.25, 0.3) is 11.8 Å². The molecule has 2 aromatic carbocycles. The maximum Gasteiger partial charge on any atom is 0.313 e. The standard InChI is InChI=1S/C17H12FNO4/c18-13-7-3-4-8-14(13)23-15(20)9-10-19-16(21)11-5-1-2-6-12(11)17(19)22/h1-8H,9-10H2. The Morgan fingerprint density at radius 2 is 1.52 bits per heavy atom. The van der Waals surface area contributed by atoms with Crippen molar-refractivity contribution in [3.05, 3.63) is 65.5 Å². The molecule has 0 atom stereocenters. The van der Waals surface area contributed by atoms with Crippen LogP contribution in [0.3, 0.4) is 0 Å². The van der Waals surface area contributed by atoms with Gasteiger partial charge in [0, 0.05) is 6.54 Å². The van der Waals surface area contributed by atoms with E-state index in [0.29, 0.717) is 11.1 Å². The number of imide groups is 1. The second kappa shape index (κ2) is 6.00. The van der Waals surface area contributed by atoms with Crippen LogP contribution >= 0.6 is 0 Å². The molecule has 0 aliphatic carbocycles. The van der Waals surface area contributed by atoms with Gasteiger partial charge in [-0.15, -0.1) is 0 Å². The number of hydrogen-bond acceptors (Lipinski definition) is 4. The Kier molecular flexibility index (Phi) is 3.89. The van der Waals surface area contributed by atoms with E-state index in [1.54, 1.807) is 24.3 Å². The first-order chi connectivity index (χ1) is 11.1. The summed E-state index contributed by atoms with van der Waals surface area (Å²) in [5.74, 6) is -2.43. The molecular formula is C17H12FNO4. The smallest absolute Gasteiger partial charge is 0.313 e. The lowest BCUT2D eigenvalue weighted by Gasteiger charge is -2.13. The fraction of sp³-hybridized carbons (Fsp3) is 0.118. The Morgan fingerprint density at radius 1 is 0.957 bits per heavy atom. The van der Waals surface area contributed by atoms with Gasteiger partial charge < -0.3 is 4.74 Å². The van der Waals surface area contributed by atoms with E-state index in [9.17, 15) is 18.8 Å². The summed E-state index contributed by atoms with van der Waals surface area (Å²) in [6.07, 6.45) is -0.209. The zero-order valence-electron chi connectivity index (χ0n) is 12.0. The number of carbonyl (C=O) groups excluding carboxylic acids is 3. The molecular weight excluding hydrogens is 301 g/mol. The molecule has 116 valence electrons. The van der Waals surface area contributed by atoms with Crippen molar-refractivity contribution in [1.82, 2.24) is 4.90 Å². The molecule has 0 N–H and O–H groups in total. The predicted molar refractivity (Wildman–Crippen MR) is 78.5 cm³/mol. The maximum atomic E-state index is 13.4. The fourth-order valence-corrected chi connectivity index (χ4v) is 2.35. The zero-order chi connectivity index (χ0) is 16.4. The van der Waals surface area contributed by atoms with Crippen molar-refractivity contribution in [1.29, 1.82) is 0 Å². The van der Waals surface area contributed by atoms with Crippen molar-refractivity contribution in [2.24, 2.45) is 0 Å². The summed E-state index contributed by atoms with van der Waals surface area (Å²) in [5.41, 5.74) is 0.639. The second-order valence-corrected chi connectivity index (χ2v) is 4.96. The van der Waals surface area contributed by atoms with Gasteiger partial charge in [-0.3, -0.25) is 19.3 Å². The topological polar surface area (TPSA) is 63.7 Å². The van der Waals surface area contributed by atoms with Crippen LogP contribution in [0.1, 0.15) is 27.1 Å². The van der Waals surface area contributed by atoms with E-state index in [1.807, 2.05) is 0 Å². The van der Waals surface area contributed by atoms with Gasteiger partial charge >= 0.3 is 5.97 Å². The number of fused-ring (bicyclic) bond motifs is 1. The molecule has 0 saturated heterocycles. The third-order valence-corrected chi connectivity index (χ3v) is 3.48. The highest BCUT2D eigenvalue weighted by molar-refractivity contribution is 6.21. The van der Waals surface area contributed by atoms with Crippen LogP contribution in [0.15, 0.2) is 48.5 Å². The van der Waals surface area contributed by atoms with Crippen LogP contribution in [0.25, 0.3) is 0 Å². The maximum absolute atomic E-state index is 13.4. The highest BCUT2D eigenvalue weighted by atomic mass is 19.1. The third kappa shape index (κ3) is 2.83. The predicted octanol–water partition coefficient (Wildman–Crippen LogP) is 2.42. The average Bonchev–Trinajstić information content (AvgIpc) is 2.80. The van der Waals surface area contributed by atoms with Crippen LogP contribution in [0.4, 0.5) is 4.39 Å². The molecule has 5 nitrogen and oxygen atoms in total. The minimum Gasteiger partial charge on any atom is -0.423 e. The molecule has 0 spiro atoms. The van der Waals surface area contributed by atoms with Crippen molar-refractivity contribution < 1.29 is 23.5 Å². The first kappa shape index (κ1) is 14.9. The van der Waals surface area contributed by atoms with E-state index < -0.39 is 23.6 Å². The van der Waals surface area contributed by atoms with Crippen LogP contribution in [0.5, 0.6) is 5.75 Å². The number of rotatable bonds is 4. The third-order valence-electron chi connectivity index (χ3n) is 3.48. The zero-order valence-corrected chi connectivity index (χ0v) is 12.0. The Labute approximate surface area is 131 Å². The highest BCUT2D eigenvalue weighted by Crippen LogP contribution is 2.22. The number of halogens is 1.